The van der Waals surface area contributed by atoms with E-state index in [1.807, 2.05) is 27.7 Å². The average Bonchev–Trinajstić information content (AvgIpc) is 2.25. The van der Waals surface area contributed by atoms with Gasteiger partial charge in [-0.05, 0) is 11.8 Å². The van der Waals surface area contributed by atoms with Crippen LogP contribution in [0.4, 0.5) is 0 Å². The van der Waals surface area contributed by atoms with Crippen LogP contribution in [0, 0.1) is 34.5 Å². The smallest absolute Gasteiger partial charge is 0.236 e. The lowest BCUT2D eigenvalue weighted by Gasteiger charge is -2.34. The molecule has 2 unspecified atom stereocenters. The largest absolute Gasteiger partial charge is 0.504 e. The molecule has 0 aromatic rings. The molecule has 0 aliphatic rings. The maximum atomic E-state index is 10.4. The first-order chi connectivity index (χ1) is 8.11. The Morgan fingerprint density at radius 3 is 1.39 bits per heavy atom. The molecule has 4 nitrogen and oxygen atoms in total. The van der Waals surface area contributed by atoms with Gasteiger partial charge in [-0.2, -0.15) is 10.5 Å². The van der Waals surface area contributed by atoms with Crippen molar-refractivity contribution in [3.63, 3.8) is 0 Å². The molecule has 0 amide bonds. The highest BCUT2D eigenvalue weighted by Gasteiger charge is 2.45. The van der Waals surface area contributed by atoms with E-state index in [0.717, 1.165) is 4.70 Å². The third-order valence-electron chi connectivity index (χ3n) is 3.03. The summed E-state index contributed by atoms with van der Waals surface area (Å²) in [6, 6.07) is 4.30. The maximum Gasteiger partial charge on any atom is 0.236 e. The van der Waals surface area contributed by atoms with Crippen LogP contribution >= 0.6 is 0 Å². The van der Waals surface area contributed by atoms with Gasteiger partial charge in [0.25, 0.3) is 0 Å². The minimum Gasteiger partial charge on any atom is -0.504 e. The lowest BCUT2D eigenvalue weighted by atomic mass is 9.84. The molecular weight excluding hydrogens is 224 g/mol. The van der Waals surface area contributed by atoms with E-state index >= 15 is 0 Å². The van der Waals surface area contributed by atoms with E-state index in [4.69, 9.17) is 0 Å². The summed E-state index contributed by atoms with van der Waals surface area (Å²) in [7, 11) is 0. The van der Waals surface area contributed by atoms with Gasteiger partial charge in [-0.15, -0.1) is 0 Å². The molecule has 0 N–H and O–H groups in total. The van der Waals surface area contributed by atoms with Crippen molar-refractivity contribution < 1.29 is 4.70 Å². The zero-order valence-corrected chi connectivity index (χ0v) is 12.4. The molecule has 0 aromatic carbocycles. The number of nitriles is 2. The summed E-state index contributed by atoms with van der Waals surface area (Å²) in [5, 5.41) is 18.7. The molecule has 0 aliphatic carbocycles. The molecule has 0 saturated carbocycles. The highest BCUT2D eigenvalue weighted by molar-refractivity contribution is 5.04. The monoisotopic (exact) mass is 248 g/mol. The minimum absolute atomic E-state index is 0.270. The molecule has 0 rings (SSSR count). The molecule has 18 heavy (non-hydrogen) atoms. The zero-order valence-electron chi connectivity index (χ0n) is 12.4. The first-order valence-electron chi connectivity index (χ1n) is 6.43. The Morgan fingerprint density at radius 1 is 0.944 bits per heavy atom. The quantitative estimate of drug-likeness (QED) is 0.531. The fourth-order valence-electron chi connectivity index (χ4n) is 2.49. The highest BCUT2D eigenvalue weighted by atomic mass is 15.3. The van der Waals surface area contributed by atoms with Gasteiger partial charge in [0.15, 0.2) is 0 Å². The predicted molar refractivity (Wildman–Crippen MR) is 70.6 cm³/mol. The van der Waals surface area contributed by atoms with Gasteiger partial charge < -0.3 is 5.53 Å². The summed E-state index contributed by atoms with van der Waals surface area (Å²) >= 11 is 0. The fourth-order valence-corrected chi connectivity index (χ4v) is 2.49. The van der Waals surface area contributed by atoms with E-state index in [-0.39, 0.29) is 11.8 Å². The first kappa shape index (κ1) is 16.6. The van der Waals surface area contributed by atoms with Gasteiger partial charge in [0.1, 0.15) is 12.1 Å². The van der Waals surface area contributed by atoms with Gasteiger partial charge in [-0.1, -0.05) is 27.7 Å². The Kier molecular flexibility index (Phi) is 5.49. The Bertz CT molecular complexity index is 350. The standard InChI is InChI=1S/C14H24N4/c1-11(2)7-13(5,9-15)18(17)14(6,10-16)8-12(3)4/h11-12H,7-8H2,1-6H3. The Labute approximate surface area is 111 Å². The third-order valence-corrected chi connectivity index (χ3v) is 3.03. The lowest BCUT2D eigenvalue weighted by molar-refractivity contribution is -0.665. The van der Waals surface area contributed by atoms with Crippen molar-refractivity contribution in [1.82, 2.24) is 0 Å². The maximum absolute atomic E-state index is 10.4. The number of hydrogen-bond donors (Lipinski definition) is 0. The van der Waals surface area contributed by atoms with Gasteiger partial charge in [0, 0.05) is 26.7 Å². The van der Waals surface area contributed by atoms with E-state index in [0.29, 0.717) is 12.8 Å². The Hall–Kier alpha value is -1.42. The third kappa shape index (κ3) is 3.81. The van der Waals surface area contributed by atoms with Gasteiger partial charge >= 0.3 is 0 Å². The summed E-state index contributed by atoms with van der Waals surface area (Å²) in [4.78, 5) is 0. The molecule has 0 spiro atoms. The van der Waals surface area contributed by atoms with Gasteiger partial charge in [-0.25, -0.2) is 0 Å². The molecule has 0 heterocycles. The van der Waals surface area contributed by atoms with Crippen LogP contribution in [0.25, 0.3) is 5.53 Å². The van der Waals surface area contributed by atoms with Crippen molar-refractivity contribution >= 4 is 0 Å². The summed E-state index contributed by atoms with van der Waals surface area (Å²) in [5.74, 6) is 0.539. The van der Waals surface area contributed by atoms with Crippen LogP contribution in [0.3, 0.4) is 0 Å². The van der Waals surface area contributed by atoms with Crippen LogP contribution in [-0.2, 0) is 0 Å². The van der Waals surface area contributed by atoms with E-state index in [2.05, 4.69) is 12.1 Å². The SMILES string of the molecule is CC(C)CC(C)(C#N)[N+](=[N-])C(C)(C#N)CC(C)C. The Balaban J connectivity index is 5.33. The fraction of sp³-hybridized carbons (Fsp3) is 0.857. The van der Waals surface area contributed by atoms with Crippen molar-refractivity contribution in [3.05, 3.63) is 5.53 Å². The molecule has 0 radical (unpaired) electrons. The van der Waals surface area contributed by atoms with Crippen molar-refractivity contribution in [2.24, 2.45) is 11.8 Å². The van der Waals surface area contributed by atoms with Crippen LogP contribution < -0.4 is 0 Å². The van der Waals surface area contributed by atoms with Crippen molar-refractivity contribution in [2.45, 2.75) is 65.5 Å². The molecule has 0 fully saturated rings. The van der Waals surface area contributed by atoms with Crippen molar-refractivity contribution in [3.8, 4) is 12.1 Å². The lowest BCUT2D eigenvalue weighted by Crippen LogP contribution is -2.50. The first-order valence-corrected chi connectivity index (χ1v) is 6.43. The molecule has 0 aromatic heterocycles. The van der Waals surface area contributed by atoms with Gasteiger partial charge in [0.2, 0.25) is 11.1 Å². The molecule has 4 heteroatoms. The summed E-state index contributed by atoms with van der Waals surface area (Å²) < 4.78 is 0.958. The molecule has 0 saturated heterocycles. The minimum atomic E-state index is -1.03. The highest BCUT2D eigenvalue weighted by Crippen LogP contribution is 2.30. The number of hydrogen-bond acceptors (Lipinski definition) is 2. The summed E-state index contributed by atoms with van der Waals surface area (Å²) in [6.07, 6.45) is 1.05. The molecule has 100 valence electrons. The number of rotatable bonds is 6. The van der Waals surface area contributed by atoms with E-state index in [1.165, 1.54) is 0 Å². The van der Waals surface area contributed by atoms with Crippen LogP contribution in [0.2, 0.25) is 0 Å². The van der Waals surface area contributed by atoms with Crippen LogP contribution in [0.5, 0.6) is 0 Å². The van der Waals surface area contributed by atoms with Gasteiger partial charge in [-0.3, -0.25) is 4.70 Å². The summed E-state index contributed by atoms with van der Waals surface area (Å²) in [6.45, 7) is 11.3. The normalized spacial score (nSPS) is 17.7. The van der Waals surface area contributed by atoms with Crippen LogP contribution in [0.15, 0.2) is 0 Å². The topological polar surface area (TPSA) is 72.9 Å². The molecule has 0 aliphatic heterocycles. The second-order valence-corrected chi connectivity index (χ2v) is 6.28. The summed E-state index contributed by atoms with van der Waals surface area (Å²) in [5.41, 5.74) is 8.30. The van der Waals surface area contributed by atoms with Gasteiger partial charge in [0.05, 0.1) is 0 Å². The molecule has 0 bridgehead atoms. The second-order valence-electron chi connectivity index (χ2n) is 6.28. The van der Waals surface area contributed by atoms with Crippen LogP contribution in [0.1, 0.15) is 54.4 Å². The van der Waals surface area contributed by atoms with E-state index in [1.54, 1.807) is 13.8 Å². The molecule has 2 atom stereocenters. The van der Waals surface area contributed by atoms with Crippen LogP contribution in [-0.4, -0.2) is 15.8 Å². The molecular formula is C14H24N4. The predicted octanol–water partition coefficient (Wildman–Crippen LogP) is 3.68. The van der Waals surface area contributed by atoms with Crippen molar-refractivity contribution in [1.29, 1.82) is 10.5 Å². The zero-order chi connectivity index (χ0) is 14.6. The van der Waals surface area contributed by atoms with E-state index in [9.17, 15) is 16.1 Å². The average molecular weight is 248 g/mol. The second kappa shape index (κ2) is 5.96. The Morgan fingerprint density at radius 2 is 1.22 bits per heavy atom. The van der Waals surface area contributed by atoms with Crippen molar-refractivity contribution in [2.75, 3.05) is 0 Å². The number of nitrogens with zero attached hydrogens (tertiary/aromatic N) is 4. The van der Waals surface area contributed by atoms with E-state index < -0.39 is 11.1 Å².